The minimum absolute atomic E-state index is 0.197. The van der Waals surface area contributed by atoms with E-state index in [1.165, 1.54) is 29.5 Å². The first-order chi connectivity index (χ1) is 14.1. The Hall–Kier alpha value is -3.03. The molecule has 5 nitrogen and oxygen atoms in total. The van der Waals surface area contributed by atoms with Crippen molar-refractivity contribution in [3.05, 3.63) is 87.9 Å². The van der Waals surface area contributed by atoms with Crippen LogP contribution in [0.1, 0.15) is 32.0 Å². The van der Waals surface area contributed by atoms with Crippen molar-refractivity contribution in [1.82, 2.24) is 4.90 Å². The van der Waals surface area contributed by atoms with Crippen molar-refractivity contribution in [1.29, 1.82) is 0 Å². The molecule has 2 amide bonds. The van der Waals surface area contributed by atoms with E-state index in [0.29, 0.717) is 30.1 Å². The molecule has 3 aromatic rings. The van der Waals surface area contributed by atoms with Crippen LogP contribution in [0.2, 0.25) is 0 Å². The molecule has 29 heavy (non-hydrogen) atoms. The minimum atomic E-state index is -0.460. The molecule has 150 valence electrons. The Kier molecular flexibility index (Phi) is 7.10. The van der Waals surface area contributed by atoms with Gasteiger partial charge < -0.3 is 16.0 Å². The number of hydrogen-bond donors (Lipinski definition) is 2. The Labute approximate surface area is 173 Å². The van der Waals surface area contributed by atoms with Crippen LogP contribution in [-0.2, 0) is 6.54 Å². The molecule has 0 aliphatic rings. The summed E-state index contributed by atoms with van der Waals surface area (Å²) in [7, 11) is 0. The number of benzene rings is 2. The molecule has 1 aromatic heterocycles. The number of rotatable bonds is 8. The summed E-state index contributed by atoms with van der Waals surface area (Å²) in [6, 6.07) is 16.5. The van der Waals surface area contributed by atoms with E-state index in [4.69, 9.17) is 5.73 Å². The predicted molar refractivity (Wildman–Crippen MR) is 114 cm³/mol. The second-order valence-electron chi connectivity index (χ2n) is 6.47. The van der Waals surface area contributed by atoms with Gasteiger partial charge in [0.15, 0.2) is 0 Å². The molecule has 0 unspecified atom stereocenters. The van der Waals surface area contributed by atoms with Crippen molar-refractivity contribution in [3.8, 4) is 0 Å². The van der Waals surface area contributed by atoms with Gasteiger partial charge in [0.25, 0.3) is 11.8 Å². The van der Waals surface area contributed by atoms with E-state index in [1.54, 1.807) is 23.1 Å². The number of anilines is 1. The van der Waals surface area contributed by atoms with Gasteiger partial charge in [-0.05, 0) is 54.2 Å². The molecule has 0 fully saturated rings. The van der Waals surface area contributed by atoms with E-state index in [9.17, 15) is 14.0 Å². The van der Waals surface area contributed by atoms with Crippen LogP contribution in [0.15, 0.2) is 66.0 Å². The lowest BCUT2D eigenvalue weighted by atomic mass is 10.1. The highest BCUT2D eigenvalue weighted by molar-refractivity contribution is 7.12. The predicted octanol–water partition coefficient (Wildman–Crippen LogP) is 4.13. The zero-order chi connectivity index (χ0) is 20.6. The molecular formula is C22H22FN3O2S. The number of nitrogens with one attached hydrogen (secondary N) is 1. The van der Waals surface area contributed by atoms with Gasteiger partial charge in [-0.1, -0.05) is 30.3 Å². The van der Waals surface area contributed by atoms with Gasteiger partial charge in [0, 0.05) is 24.3 Å². The first-order valence-corrected chi connectivity index (χ1v) is 10.1. The van der Waals surface area contributed by atoms with Crippen LogP contribution in [-0.4, -0.2) is 29.8 Å². The first-order valence-electron chi connectivity index (χ1n) is 9.26. The number of nitrogens with zero attached hydrogens (tertiary/aromatic N) is 1. The van der Waals surface area contributed by atoms with Gasteiger partial charge in [0.2, 0.25) is 0 Å². The largest absolute Gasteiger partial charge is 0.334 e. The fourth-order valence-corrected chi connectivity index (χ4v) is 3.54. The zero-order valence-corrected chi connectivity index (χ0v) is 16.6. The molecule has 0 bridgehead atoms. The fraction of sp³-hybridized carbons (Fsp3) is 0.182. The lowest BCUT2D eigenvalue weighted by Gasteiger charge is -2.24. The lowest BCUT2D eigenvalue weighted by Crippen LogP contribution is -2.33. The summed E-state index contributed by atoms with van der Waals surface area (Å²) in [5.41, 5.74) is 7.33. The number of hydrogen-bond acceptors (Lipinski definition) is 4. The van der Waals surface area contributed by atoms with Gasteiger partial charge in [0.1, 0.15) is 5.82 Å². The third-order valence-electron chi connectivity index (χ3n) is 4.36. The van der Waals surface area contributed by atoms with Crippen LogP contribution >= 0.6 is 11.3 Å². The number of amides is 2. The van der Waals surface area contributed by atoms with E-state index >= 15 is 0 Å². The third kappa shape index (κ3) is 5.49. The summed E-state index contributed by atoms with van der Waals surface area (Å²) in [6.45, 7) is 1.14. The molecule has 0 aliphatic heterocycles. The van der Waals surface area contributed by atoms with Crippen LogP contribution in [0.5, 0.6) is 0 Å². The molecule has 0 atom stereocenters. The van der Waals surface area contributed by atoms with Gasteiger partial charge in [-0.2, -0.15) is 0 Å². The van der Waals surface area contributed by atoms with Crippen molar-refractivity contribution >= 4 is 28.8 Å². The van der Waals surface area contributed by atoms with Gasteiger partial charge in [-0.15, -0.1) is 11.3 Å². The average molecular weight is 412 g/mol. The highest BCUT2D eigenvalue weighted by Gasteiger charge is 2.18. The van der Waals surface area contributed by atoms with Crippen LogP contribution < -0.4 is 11.1 Å². The Morgan fingerprint density at radius 1 is 1.07 bits per heavy atom. The van der Waals surface area contributed by atoms with Crippen molar-refractivity contribution in [2.45, 2.75) is 13.0 Å². The summed E-state index contributed by atoms with van der Waals surface area (Å²) in [4.78, 5) is 27.6. The van der Waals surface area contributed by atoms with Gasteiger partial charge in [-0.25, -0.2) is 4.39 Å². The Morgan fingerprint density at radius 3 is 2.62 bits per heavy atom. The highest BCUT2D eigenvalue weighted by atomic mass is 32.1. The van der Waals surface area contributed by atoms with E-state index < -0.39 is 5.82 Å². The van der Waals surface area contributed by atoms with E-state index in [1.807, 2.05) is 29.6 Å². The minimum Gasteiger partial charge on any atom is -0.334 e. The molecule has 0 aliphatic carbocycles. The first kappa shape index (κ1) is 20.7. The fourth-order valence-electron chi connectivity index (χ4n) is 2.92. The van der Waals surface area contributed by atoms with Gasteiger partial charge in [-0.3, -0.25) is 9.59 Å². The smallest absolute Gasteiger partial charge is 0.265 e. The molecule has 2 aromatic carbocycles. The maximum atomic E-state index is 13.6. The second-order valence-corrected chi connectivity index (χ2v) is 7.42. The standard InChI is InChI=1S/C22H22FN3O2S/c23-18-8-3-7-16(14-18)22(28)26(12-5-11-24)15-17-6-1-2-9-19(17)25-21(27)20-10-4-13-29-20/h1-4,6-10,13-14H,5,11-12,15,24H2,(H,25,27). The van der Waals surface area contributed by atoms with Crippen molar-refractivity contribution in [3.63, 3.8) is 0 Å². The Balaban J connectivity index is 1.82. The average Bonchev–Trinajstić information content (AvgIpc) is 3.27. The van der Waals surface area contributed by atoms with E-state index in [-0.39, 0.29) is 23.9 Å². The van der Waals surface area contributed by atoms with Gasteiger partial charge >= 0.3 is 0 Å². The number of thiophene rings is 1. The molecular weight excluding hydrogens is 389 g/mol. The third-order valence-corrected chi connectivity index (χ3v) is 5.23. The number of carbonyl (C=O) groups excluding carboxylic acids is 2. The van der Waals surface area contributed by atoms with E-state index in [0.717, 1.165) is 5.56 Å². The summed E-state index contributed by atoms with van der Waals surface area (Å²) in [5.74, 6) is -0.937. The van der Waals surface area contributed by atoms with Crippen LogP contribution in [0.25, 0.3) is 0 Å². The highest BCUT2D eigenvalue weighted by Crippen LogP contribution is 2.21. The van der Waals surface area contributed by atoms with Crippen molar-refractivity contribution < 1.29 is 14.0 Å². The molecule has 0 saturated carbocycles. The van der Waals surface area contributed by atoms with Crippen LogP contribution in [0, 0.1) is 5.82 Å². The maximum Gasteiger partial charge on any atom is 0.265 e. The molecule has 3 N–H and O–H groups in total. The van der Waals surface area contributed by atoms with Crippen molar-refractivity contribution in [2.75, 3.05) is 18.4 Å². The Bertz CT molecular complexity index is 976. The normalized spacial score (nSPS) is 10.6. The number of nitrogens with two attached hydrogens (primary N) is 1. The summed E-state index contributed by atoms with van der Waals surface area (Å²) in [5, 5.41) is 4.75. The van der Waals surface area contributed by atoms with Crippen LogP contribution in [0.3, 0.4) is 0 Å². The van der Waals surface area contributed by atoms with E-state index in [2.05, 4.69) is 5.32 Å². The number of halogens is 1. The second kappa shape index (κ2) is 9.95. The molecule has 0 radical (unpaired) electrons. The number of carbonyl (C=O) groups is 2. The lowest BCUT2D eigenvalue weighted by molar-refractivity contribution is 0.0742. The topological polar surface area (TPSA) is 75.4 Å². The van der Waals surface area contributed by atoms with Gasteiger partial charge in [0.05, 0.1) is 4.88 Å². The molecule has 0 saturated heterocycles. The monoisotopic (exact) mass is 411 g/mol. The zero-order valence-electron chi connectivity index (χ0n) is 15.8. The quantitative estimate of drug-likeness (QED) is 0.585. The maximum absolute atomic E-state index is 13.6. The summed E-state index contributed by atoms with van der Waals surface area (Å²) >= 11 is 1.36. The molecule has 0 spiro atoms. The SMILES string of the molecule is NCCCN(Cc1ccccc1NC(=O)c1cccs1)C(=O)c1cccc(F)c1. The molecule has 1 heterocycles. The molecule has 3 rings (SSSR count). The molecule has 7 heteroatoms. The van der Waals surface area contributed by atoms with Crippen molar-refractivity contribution in [2.24, 2.45) is 5.73 Å². The number of para-hydroxylation sites is 1. The summed E-state index contributed by atoms with van der Waals surface area (Å²) in [6.07, 6.45) is 0.616. The summed E-state index contributed by atoms with van der Waals surface area (Å²) < 4.78 is 13.6. The Morgan fingerprint density at radius 2 is 1.90 bits per heavy atom. The van der Waals surface area contributed by atoms with Crippen LogP contribution in [0.4, 0.5) is 10.1 Å².